The van der Waals surface area contributed by atoms with E-state index >= 15 is 0 Å². The largest absolute Gasteiger partial charge is 0.314 e. The first-order chi connectivity index (χ1) is 25.5. The maximum Gasteiger partial charge on any atom is 0.291 e. The first-order valence-corrected chi connectivity index (χ1v) is 18.3. The lowest BCUT2D eigenvalue weighted by atomic mass is 9.81. The molecule has 10 rings (SSSR count). The van der Waals surface area contributed by atoms with Gasteiger partial charge in [-0.05, 0) is 96.9 Å². The Morgan fingerprint density at radius 2 is 1.35 bits per heavy atom. The monoisotopic (exact) mass is 670 g/mol. The van der Waals surface area contributed by atoms with Crippen molar-refractivity contribution < 1.29 is 4.58 Å². The molecule has 0 fully saturated rings. The molecule has 3 nitrogen and oxygen atoms in total. The summed E-state index contributed by atoms with van der Waals surface area (Å²) in [5.74, 6) is 0. The van der Waals surface area contributed by atoms with Crippen LogP contribution in [0.3, 0.4) is 0 Å². The van der Waals surface area contributed by atoms with Crippen molar-refractivity contribution in [2.75, 3.05) is 0 Å². The van der Waals surface area contributed by atoms with Gasteiger partial charge in [0.1, 0.15) is 0 Å². The zero-order valence-electron chi connectivity index (χ0n) is 29.7. The van der Waals surface area contributed by atoms with Gasteiger partial charge in [0, 0.05) is 23.3 Å². The molecule has 3 heteroatoms. The summed E-state index contributed by atoms with van der Waals surface area (Å²) in [7, 11) is 0. The minimum atomic E-state index is -0.217. The Balaban J connectivity index is 1.14. The minimum Gasteiger partial charge on any atom is -0.314 e. The minimum absolute atomic E-state index is 0.00382. The van der Waals surface area contributed by atoms with E-state index in [0.29, 0.717) is 0 Å². The fourth-order valence-corrected chi connectivity index (χ4v) is 9.04. The number of nitrogens with one attached hydrogen (secondary N) is 2. The molecule has 2 heterocycles. The van der Waals surface area contributed by atoms with Gasteiger partial charge in [0.15, 0.2) is 6.21 Å². The highest BCUT2D eigenvalue weighted by Gasteiger charge is 2.38. The van der Waals surface area contributed by atoms with Crippen molar-refractivity contribution in [3.63, 3.8) is 0 Å². The fraction of sp³-hybridized carbons (Fsp3) is 0.122. The Labute approximate surface area is 305 Å². The molecule has 2 bridgehead atoms. The van der Waals surface area contributed by atoms with Gasteiger partial charge in [0.2, 0.25) is 5.69 Å². The zero-order chi connectivity index (χ0) is 35.0. The molecular weight excluding hydrogens is 631 g/mol. The Kier molecular flexibility index (Phi) is 6.96. The van der Waals surface area contributed by atoms with Crippen LogP contribution in [0, 0.1) is 6.92 Å². The van der Waals surface area contributed by atoms with E-state index in [1.165, 1.54) is 77.3 Å². The maximum absolute atomic E-state index is 3.97. The number of benzene rings is 7. The topological polar surface area (TPSA) is 27.1 Å². The smallest absolute Gasteiger partial charge is 0.291 e. The van der Waals surface area contributed by atoms with Gasteiger partial charge in [-0.1, -0.05) is 141 Å². The van der Waals surface area contributed by atoms with Crippen LogP contribution in [-0.2, 0) is 5.41 Å². The van der Waals surface area contributed by atoms with E-state index in [-0.39, 0.29) is 17.7 Å². The van der Waals surface area contributed by atoms with Gasteiger partial charge in [-0.15, -0.1) is 0 Å². The summed E-state index contributed by atoms with van der Waals surface area (Å²) in [6.07, 6.45) is 8.94. The first kappa shape index (κ1) is 30.8. The summed E-state index contributed by atoms with van der Waals surface area (Å²) in [5, 5.41) is 13.1. The van der Waals surface area contributed by atoms with Crippen LogP contribution in [0.5, 0.6) is 0 Å². The highest BCUT2D eigenvalue weighted by Crippen LogP contribution is 2.53. The summed E-state index contributed by atoms with van der Waals surface area (Å²) in [6, 6.07) is 50.8. The number of allylic oxidation sites excluding steroid dienone is 1. The van der Waals surface area contributed by atoms with E-state index in [1.807, 2.05) is 0 Å². The second-order valence-corrected chi connectivity index (χ2v) is 14.9. The molecule has 0 spiro atoms. The molecule has 7 aromatic carbocycles. The van der Waals surface area contributed by atoms with Gasteiger partial charge in [-0.3, -0.25) is 0 Å². The van der Waals surface area contributed by atoms with E-state index in [9.17, 15) is 0 Å². The van der Waals surface area contributed by atoms with Gasteiger partial charge >= 0.3 is 0 Å². The molecule has 0 radical (unpaired) electrons. The number of rotatable bonds is 4. The number of hydrogen-bond donors (Lipinski definition) is 2. The molecule has 7 aromatic rings. The third-order valence-corrected chi connectivity index (χ3v) is 11.6. The zero-order valence-corrected chi connectivity index (χ0v) is 29.7. The molecular formula is C49H40N3+. The van der Waals surface area contributed by atoms with E-state index in [1.54, 1.807) is 0 Å². The SMILES string of the molecule is Cc1c2c3c4c(ccc3c3cccc(c13)[N+]([C@H]1NC(c3cccc(-c5ccccc5)c3)=CC(c3ccccc3)N1)=CC=C2)C(C)(C)c1ccccc1-4. The van der Waals surface area contributed by atoms with Crippen LogP contribution in [0.25, 0.3) is 55.6 Å². The lowest BCUT2D eigenvalue weighted by molar-refractivity contribution is -0.493. The van der Waals surface area contributed by atoms with Crippen LogP contribution in [0.2, 0.25) is 0 Å². The normalized spacial score (nSPS) is 18.3. The molecule has 250 valence electrons. The molecule has 1 aliphatic carbocycles. The average molecular weight is 671 g/mol. The van der Waals surface area contributed by atoms with Crippen molar-refractivity contribution in [2.24, 2.45) is 0 Å². The molecule has 0 saturated carbocycles. The van der Waals surface area contributed by atoms with Crippen molar-refractivity contribution in [1.82, 2.24) is 10.6 Å². The van der Waals surface area contributed by atoms with Crippen LogP contribution in [0.15, 0.2) is 152 Å². The van der Waals surface area contributed by atoms with Gasteiger partial charge < -0.3 is 5.32 Å². The summed E-state index contributed by atoms with van der Waals surface area (Å²) in [4.78, 5) is 0. The molecule has 3 aliphatic rings. The number of nitrogens with zero attached hydrogens (tertiary/aromatic N) is 1. The standard InChI is InChI=1S/C49H40N3/c1-31-36-23-14-28-52(44-25-13-22-37(45(31)44)38-26-27-41-47(46(36)38)39-21-10-11-24-40(39)49(41,2)3)48-50-42(33-17-8-5-9-18-33)30-43(51-48)35-20-12-19-34(29-35)32-15-6-4-7-16-32/h4-30,42,48,50-51H,1-3H3/q+1/t42?,48-/m1/s1. The second-order valence-electron chi connectivity index (χ2n) is 14.9. The van der Waals surface area contributed by atoms with Crippen molar-refractivity contribution in [2.45, 2.75) is 38.5 Å². The third kappa shape index (κ3) is 4.66. The van der Waals surface area contributed by atoms with Crippen molar-refractivity contribution in [3.05, 3.63) is 185 Å². The molecule has 2 aliphatic heterocycles. The maximum atomic E-state index is 3.97. The van der Waals surface area contributed by atoms with Gasteiger partial charge in [0.05, 0.1) is 11.4 Å². The van der Waals surface area contributed by atoms with Crippen molar-refractivity contribution >= 4 is 45.2 Å². The predicted molar refractivity (Wildman–Crippen MR) is 218 cm³/mol. The van der Waals surface area contributed by atoms with E-state index in [4.69, 9.17) is 0 Å². The van der Waals surface area contributed by atoms with E-state index < -0.39 is 0 Å². The van der Waals surface area contributed by atoms with Crippen LogP contribution in [0.4, 0.5) is 5.69 Å². The predicted octanol–water partition coefficient (Wildman–Crippen LogP) is 11.3. The molecule has 2 atom stereocenters. The molecule has 0 amide bonds. The second kappa shape index (κ2) is 11.8. The lowest BCUT2D eigenvalue weighted by Gasteiger charge is -2.31. The summed E-state index contributed by atoms with van der Waals surface area (Å²) >= 11 is 0. The molecule has 52 heavy (non-hydrogen) atoms. The Morgan fingerprint density at radius 1 is 0.635 bits per heavy atom. The van der Waals surface area contributed by atoms with Crippen LogP contribution < -0.4 is 10.6 Å². The van der Waals surface area contributed by atoms with Crippen LogP contribution >= 0.6 is 0 Å². The van der Waals surface area contributed by atoms with Crippen LogP contribution in [-0.4, -0.2) is 17.1 Å². The summed E-state index contributed by atoms with van der Waals surface area (Å²) < 4.78 is 2.39. The average Bonchev–Trinajstić information content (AvgIpc) is 3.43. The fourth-order valence-electron chi connectivity index (χ4n) is 9.04. The summed E-state index contributed by atoms with van der Waals surface area (Å²) in [6.45, 7) is 7.05. The number of hydrogen-bond acceptors (Lipinski definition) is 2. The molecule has 1 unspecified atom stereocenters. The highest BCUT2D eigenvalue weighted by atomic mass is 15.4. The lowest BCUT2D eigenvalue weighted by Crippen LogP contribution is -2.52. The van der Waals surface area contributed by atoms with Gasteiger partial charge in [0.25, 0.3) is 6.29 Å². The molecule has 0 saturated heterocycles. The van der Waals surface area contributed by atoms with Gasteiger partial charge in [-0.25, -0.2) is 5.32 Å². The first-order valence-electron chi connectivity index (χ1n) is 18.3. The third-order valence-electron chi connectivity index (χ3n) is 11.6. The Bertz CT molecular complexity index is 2660. The number of aryl methyl sites for hydroxylation is 1. The van der Waals surface area contributed by atoms with Crippen molar-refractivity contribution in [3.8, 4) is 22.3 Å². The summed E-state index contributed by atoms with van der Waals surface area (Å²) in [5.41, 5.74) is 15.2. The van der Waals surface area contributed by atoms with Crippen LogP contribution in [0.1, 0.15) is 53.3 Å². The van der Waals surface area contributed by atoms with Gasteiger partial charge in [-0.2, -0.15) is 4.58 Å². The Morgan fingerprint density at radius 3 is 2.19 bits per heavy atom. The van der Waals surface area contributed by atoms with E-state index in [0.717, 1.165) is 11.3 Å². The Hall–Kier alpha value is -6.03. The molecule has 0 aromatic heterocycles. The quantitative estimate of drug-likeness (QED) is 0.144. The number of fused-ring (bicyclic) bond motifs is 8. The van der Waals surface area contributed by atoms with Crippen molar-refractivity contribution in [1.29, 1.82) is 0 Å². The molecule has 2 N–H and O–H groups in total. The van der Waals surface area contributed by atoms with E-state index in [2.05, 4.69) is 200 Å². The highest BCUT2D eigenvalue weighted by molar-refractivity contribution is 6.20.